The molecule has 0 atom stereocenters. The zero-order valence-corrected chi connectivity index (χ0v) is 18.4. The minimum atomic E-state index is -0.283. The molecule has 2 heterocycles. The van der Waals surface area contributed by atoms with Crippen LogP contribution in [-0.4, -0.2) is 54.7 Å². The van der Waals surface area contributed by atoms with Crippen molar-refractivity contribution < 1.29 is 23.8 Å². The number of nitrogens with zero attached hydrogens (tertiary/aromatic N) is 3. The fraction of sp³-hybridized carbons (Fsp3) is 0.476. The molecule has 8 nitrogen and oxygen atoms in total. The Labute approximate surface area is 180 Å². The van der Waals surface area contributed by atoms with Crippen LogP contribution in [0.4, 0.5) is 5.13 Å². The molecule has 0 bridgehead atoms. The van der Waals surface area contributed by atoms with E-state index in [1.165, 1.54) is 16.2 Å². The minimum Gasteiger partial charge on any atom is -0.490 e. The number of carbonyl (C=O) groups is 2. The molecule has 1 aromatic carbocycles. The third-order valence-corrected chi connectivity index (χ3v) is 5.33. The van der Waals surface area contributed by atoms with E-state index >= 15 is 0 Å². The number of ether oxygens (including phenoxy) is 3. The maximum atomic E-state index is 13.5. The molecule has 1 saturated heterocycles. The molecule has 0 N–H and O–H groups in total. The fourth-order valence-corrected chi connectivity index (χ4v) is 3.89. The minimum absolute atomic E-state index is 0.0426. The second-order valence-corrected chi connectivity index (χ2v) is 7.42. The summed E-state index contributed by atoms with van der Waals surface area (Å²) in [6, 6.07) is 3.32. The SMILES string of the molecule is CCOc1cc(C(=O)N(CN2CCCC2=O)c2nccs2)cc(OCC)c1OCC. The molecular formula is C21H27N3O5S. The summed E-state index contributed by atoms with van der Waals surface area (Å²) in [6.45, 7) is 7.68. The van der Waals surface area contributed by atoms with Crippen molar-refractivity contribution in [1.29, 1.82) is 0 Å². The fourth-order valence-electron chi connectivity index (χ4n) is 3.25. The Morgan fingerprint density at radius 1 is 1.13 bits per heavy atom. The lowest BCUT2D eigenvalue weighted by Gasteiger charge is -2.26. The average molecular weight is 434 g/mol. The summed E-state index contributed by atoms with van der Waals surface area (Å²) in [5.41, 5.74) is 0.382. The summed E-state index contributed by atoms with van der Waals surface area (Å²) in [6.07, 6.45) is 2.94. The van der Waals surface area contributed by atoms with Crippen molar-refractivity contribution in [3.05, 3.63) is 29.3 Å². The van der Waals surface area contributed by atoms with Crippen molar-refractivity contribution in [2.45, 2.75) is 33.6 Å². The third-order valence-electron chi connectivity index (χ3n) is 4.53. The third kappa shape index (κ3) is 4.84. The lowest BCUT2D eigenvalue weighted by atomic mass is 10.1. The first-order valence-electron chi connectivity index (χ1n) is 10.1. The van der Waals surface area contributed by atoms with E-state index in [1.54, 1.807) is 28.6 Å². The largest absolute Gasteiger partial charge is 0.490 e. The van der Waals surface area contributed by atoms with Crippen LogP contribution in [0.25, 0.3) is 0 Å². The van der Waals surface area contributed by atoms with Crippen molar-refractivity contribution >= 4 is 28.3 Å². The normalized spacial score (nSPS) is 13.4. The van der Waals surface area contributed by atoms with Crippen molar-refractivity contribution in [3.63, 3.8) is 0 Å². The first kappa shape index (κ1) is 21.9. The Morgan fingerprint density at radius 2 is 1.80 bits per heavy atom. The van der Waals surface area contributed by atoms with Crippen LogP contribution in [-0.2, 0) is 4.79 Å². The number of anilines is 1. The predicted molar refractivity (Wildman–Crippen MR) is 115 cm³/mol. The summed E-state index contributed by atoms with van der Waals surface area (Å²) >= 11 is 1.35. The molecule has 0 radical (unpaired) electrons. The molecule has 3 rings (SSSR count). The topological polar surface area (TPSA) is 81.2 Å². The predicted octanol–water partition coefficient (Wildman–Crippen LogP) is 3.57. The number of carbonyl (C=O) groups excluding carboxylic acids is 2. The molecule has 30 heavy (non-hydrogen) atoms. The molecule has 1 aromatic heterocycles. The van der Waals surface area contributed by atoms with Crippen LogP contribution in [0.3, 0.4) is 0 Å². The van der Waals surface area contributed by atoms with Crippen LogP contribution in [0.1, 0.15) is 44.0 Å². The van der Waals surface area contributed by atoms with Crippen LogP contribution in [0, 0.1) is 0 Å². The highest BCUT2D eigenvalue weighted by atomic mass is 32.1. The van der Waals surface area contributed by atoms with Crippen LogP contribution < -0.4 is 19.1 Å². The summed E-state index contributed by atoms with van der Waals surface area (Å²) in [5.74, 6) is 1.14. The number of aromatic nitrogens is 1. The molecule has 2 amide bonds. The van der Waals surface area contributed by atoms with E-state index < -0.39 is 0 Å². The molecule has 1 aliphatic rings. The van der Waals surface area contributed by atoms with Gasteiger partial charge in [-0.1, -0.05) is 0 Å². The van der Waals surface area contributed by atoms with E-state index in [0.29, 0.717) is 60.7 Å². The molecular weight excluding hydrogens is 406 g/mol. The Kier molecular flexibility index (Phi) is 7.51. The van der Waals surface area contributed by atoms with Crippen molar-refractivity contribution in [3.8, 4) is 17.2 Å². The maximum Gasteiger partial charge on any atom is 0.261 e. The molecule has 2 aromatic rings. The highest BCUT2D eigenvalue weighted by Crippen LogP contribution is 2.39. The lowest BCUT2D eigenvalue weighted by Crippen LogP contribution is -2.42. The number of hydrogen-bond donors (Lipinski definition) is 0. The van der Waals surface area contributed by atoms with Gasteiger partial charge < -0.3 is 19.1 Å². The molecule has 0 unspecified atom stereocenters. The molecule has 1 fully saturated rings. The number of thiazole rings is 1. The van der Waals surface area contributed by atoms with E-state index in [1.807, 2.05) is 20.8 Å². The Bertz CT molecular complexity index is 845. The molecule has 162 valence electrons. The molecule has 0 saturated carbocycles. The molecule has 0 spiro atoms. The van der Waals surface area contributed by atoms with Gasteiger partial charge in [-0.15, -0.1) is 11.3 Å². The summed E-state index contributed by atoms with van der Waals surface area (Å²) in [7, 11) is 0. The van der Waals surface area contributed by atoms with E-state index in [2.05, 4.69) is 4.98 Å². The number of rotatable bonds is 10. The van der Waals surface area contributed by atoms with Crippen LogP contribution in [0.15, 0.2) is 23.7 Å². The second-order valence-electron chi connectivity index (χ2n) is 6.55. The van der Waals surface area contributed by atoms with Gasteiger partial charge in [0.05, 0.1) is 19.8 Å². The van der Waals surface area contributed by atoms with Gasteiger partial charge in [0.1, 0.15) is 6.67 Å². The standard InChI is InChI=1S/C21H27N3O5S/c1-4-27-16-12-15(13-17(28-5-2)19(16)29-6-3)20(26)24(21-22-9-11-30-21)14-23-10-7-8-18(23)25/h9,11-13H,4-8,10,14H2,1-3H3. The molecule has 9 heteroatoms. The van der Waals surface area contributed by atoms with Gasteiger partial charge in [0, 0.05) is 30.1 Å². The first-order chi connectivity index (χ1) is 14.6. The van der Waals surface area contributed by atoms with Gasteiger partial charge >= 0.3 is 0 Å². The Balaban J connectivity index is 1.99. The second kappa shape index (κ2) is 10.3. The summed E-state index contributed by atoms with van der Waals surface area (Å²) in [4.78, 5) is 33.2. The van der Waals surface area contributed by atoms with Gasteiger partial charge in [0.2, 0.25) is 11.7 Å². The first-order valence-corrected chi connectivity index (χ1v) is 11.0. The van der Waals surface area contributed by atoms with Gasteiger partial charge in [0.15, 0.2) is 16.6 Å². The van der Waals surface area contributed by atoms with Gasteiger partial charge in [-0.3, -0.25) is 14.5 Å². The van der Waals surface area contributed by atoms with Gasteiger partial charge in [-0.05, 0) is 39.3 Å². The lowest BCUT2D eigenvalue weighted by molar-refractivity contribution is -0.127. The number of hydrogen-bond acceptors (Lipinski definition) is 7. The van der Waals surface area contributed by atoms with E-state index in [-0.39, 0.29) is 18.5 Å². The van der Waals surface area contributed by atoms with Crippen molar-refractivity contribution in [1.82, 2.24) is 9.88 Å². The quantitative estimate of drug-likeness (QED) is 0.570. The van der Waals surface area contributed by atoms with E-state index in [4.69, 9.17) is 14.2 Å². The van der Waals surface area contributed by atoms with Gasteiger partial charge in [0.25, 0.3) is 5.91 Å². The maximum absolute atomic E-state index is 13.5. The van der Waals surface area contributed by atoms with Crippen LogP contribution in [0.5, 0.6) is 17.2 Å². The Hall–Kier alpha value is -2.81. The molecule has 0 aliphatic carbocycles. The van der Waals surface area contributed by atoms with Crippen LogP contribution in [0.2, 0.25) is 0 Å². The summed E-state index contributed by atoms with van der Waals surface area (Å²) in [5, 5.41) is 2.33. The van der Waals surface area contributed by atoms with Gasteiger partial charge in [-0.25, -0.2) is 4.98 Å². The number of amides is 2. The molecule has 1 aliphatic heterocycles. The van der Waals surface area contributed by atoms with E-state index in [9.17, 15) is 9.59 Å². The van der Waals surface area contributed by atoms with E-state index in [0.717, 1.165) is 6.42 Å². The average Bonchev–Trinajstić information content (AvgIpc) is 3.40. The van der Waals surface area contributed by atoms with Gasteiger partial charge in [-0.2, -0.15) is 0 Å². The Morgan fingerprint density at radius 3 is 2.30 bits per heavy atom. The van der Waals surface area contributed by atoms with Crippen molar-refractivity contribution in [2.24, 2.45) is 0 Å². The monoisotopic (exact) mass is 433 g/mol. The number of likely N-dealkylation sites (tertiary alicyclic amines) is 1. The summed E-state index contributed by atoms with van der Waals surface area (Å²) < 4.78 is 17.2. The zero-order valence-electron chi connectivity index (χ0n) is 17.6. The highest BCUT2D eigenvalue weighted by molar-refractivity contribution is 7.13. The zero-order chi connectivity index (χ0) is 21.5. The smallest absolute Gasteiger partial charge is 0.261 e. The van der Waals surface area contributed by atoms with Crippen molar-refractivity contribution in [2.75, 3.05) is 37.9 Å². The number of benzene rings is 1. The highest BCUT2D eigenvalue weighted by Gasteiger charge is 2.29. The van der Waals surface area contributed by atoms with Crippen LogP contribution >= 0.6 is 11.3 Å².